The van der Waals surface area contributed by atoms with E-state index in [1.807, 2.05) is 0 Å². The fourth-order valence-electron chi connectivity index (χ4n) is 1.94. The first-order chi connectivity index (χ1) is 9.63. The Morgan fingerprint density at radius 2 is 1.95 bits per heavy atom. The minimum absolute atomic E-state index is 0.0807. The Hall–Kier alpha value is -1.95. The molecule has 20 heavy (non-hydrogen) atoms. The number of hydrogen-bond acceptors (Lipinski definition) is 4. The minimum atomic E-state index is -0.353. The standard InChI is InChI=1S/C14H11BrFNO3/c15-9-1-2-10(16)11(4-9)17-6-8-3-13-14(5-12(8)18)20-7-19-13/h1-5,17-18H,6-7H2. The first-order valence-electron chi connectivity index (χ1n) is 5.94. The molecule has 2 aromatic rings. The van der Waals surface area contributed by atoms with Crippen molar-refractivity contribution < 1.29 is 19.0 Å². The second-order valence-electron chi connectivity index (χ2n) is 4.31. The maximum Gasteiger partial charge on any atom is 0.231 e. The number of aromatic hydroxyl groups is 1. The van der Waals surface area contributed by atoms with Crippen LogP contribution in [0, 0.1) is 5.82 Å². The molecule has 0 saturated carbocycles. The number of phenols is 1. The molecule has 0 amide bonds. The predicted octanol–water partition coefficient (Wildman–Crippen LogP) is 3.63. The fourth-order valence-corrected chi connectivity index (χ4v) is 2.30. The molecular formula is C14H11BrFNO3. The molecule has 2 aromatic carbocycles. The van der Waals surface area contributed by atoms with Crippen LogP contribution in [-0.2, 0) is 6.54 Å². The second kappa shape index (κ2) is 5.20. The van der Waals surface area contributed by atoms with E-state index >= 15 is 0 Å². The molecule has 0 aromatic heterocycles. The van der Waals surface area contributed by atoms with Gasteiger partial charge >= 0.3 is 0 Å². The van der Waals surface area contributed by atoms with Crippen LogP contribution in [0.5, 0.6) is 17.2 Å². The maximum absolute atomic E-state index is 13.6. The molecule has 6 heteroatoms. The molecule has 0 radical (unpaired) electrons. The number of fused-ring (bicyclic) bond motifs is 1. The summed E-state index contributed by atoms with van der Waals surface area (Å²) in [4.78, 5) is 0. The summed E-state index contributed by atoms with van der Waals surface area (Å²) in [5, 5.41) is 12.8. The first-order valence-corrected chi connectivity index (χ1v) is 6.73. The van der Waals surface area contributed by atoms with E-state index in [1.165, 1.54) is 12.1 Å². The van der Waals surface area contributed by atoms with Gasteiger partial charge in [-0.05, 0) is 24.3 Å². The molecule has 2 N–H and O–H groups in total. The highest BCUT2D eigenvalue weighted by Gasteiger charge is 2.17. The molecule has 0 saturated heterocycles. The topological polar surface area (TPSA) is 50.7 Å². The van der Waals surface area contributed by atoms with E-state index in [9.17, 15) is 9.50 Å². The van der Waals surface area contributed by atoms with Gasteiger partial charge < -0.3 is 19.9 Å². The second-order valence-corrected chi connectivity index (χ2v) is 5.23. The summed E-state index contributed by atoms with van der Waals surface area (Å²) in [6, 6.07) is 7.81. The summed E-state index contributed by atoms with van der Waals surface area (Å²) < 4.78 is 24.8. The van der Waals surface area contributed by atoms with E-state index in [1.54, 1.807) is 18.2 Å². The molecule has 0 fully saturated rings. The molecule has 0 spiro atoms. The predicted molar refractivity (Wildman–Crippen MR) is 75.7 cm³/mol. The molecule has 1 aliphatic heterocycles. The Bertz CT molecular complexity index is 663. The van der Waals surface area contributed by atoms with Gasteiger partial charge in [-0.25, -0.2) is 4.39 Å². The van der Waals surface area contributed by atoms with Crippen LogP contribution in [0.1, 0.15) is 5.56 Å². The van der Waals surface area contributed by atoms with Gasteiger partial charge in [-0.15, -0.1) is 0 Å². The summed E-state index contributed by atoms with van der Waals surface area (Å²) >= 11 is 3.29. The lowest BCUT2D eigenvalue weighted by Crippen LogP contribution is -2.02. The van der Waals surface area contributed by atoms with E-state index < -0.39 is 0 Å². The number of rotatable bonds is 3. The largest absolute Gasteiger partial charge is 0.507 e. The quantitative estimate of drug-likeness (QED) is 0.896. The zero-order valence-corrected chi connectivity index (χ0v) is 11.9. The summed E-state index contributed by atoms with van der Waals surface area (Å²) in [5.41, 5.74) is 0.963. The van der Waals surface area contributed by atoms with Crippen molar-refractivity contribution in [2.75, 3.05) is 12.1 Å². The first kappa shape index (κ1) is 13.1. The normalized spacial score (nSPS) is 12.5. The van der Waals surface area contributed by atoms with Gasteiger partial charge in [0.15, 0.2) is 11.5 Å². The van der Waals surface area contributed by atoms with E-state index in [0.717, 1.165) is 4.47 Å². The van der Waals surface area contributed by atoms with Gasteiger partial charge in [-0.3, -0.25) is 0 Å². The van der Waals surface area contributed by atoms with Crippen LogP contribution in [0.4, 0.5) is 10.1 Å². The van der Waals surface area contributed by atoms with Gasteiger partial charge in [-0.2, -0.15) is 0 Å². The number of phenolic OH excluding ortho intramolecular Hbond substituents is 1. The van der Waals surface area contributed by atoms with E-state index in [-0.39, 0.29) is 24.9 Å². The van der Waals surface area contributed by atoms with Gasteiger partial charge in [0.25, 0.3) is 0 Å². The van der Waals surface area contributed by atoms with Crippen LogP contribution in [0.3, 0.4) is 0 Å². The number of ether oxygens (including phenoxy) is 2. The third-order valence-electron chi connectivity index (χ3n) is 2.97. The van der Waals surface area contributed by atoms with Crippen LogP contribution >= 0.6 is 15.9 Å². The number of halogens is 2. The van der Waals surface area contributed by atoms with Crippen molar-refractivity contribution in [1.82, 2.24) is 0 Å². The lowest BCUT2D eigenvalue weighted by atomic mass is 10.1. The lowest BCUT2D eigenvalue weighted by Gasteiger charge is -2.10. The summed E-state index contributed by atoms with van der Waals surface area (Å²) in [6.07, 6.45) is 0. The van der Waals surface area contributed by atoms with Gasteiger partial charge in [-0.1, -0.05) is 15.9 Å². The Kier molecular flexibility index (Phi) is 3.40. The Morgan fingerprint density at radius 3 is 2.75 bits per heavy atom. The summed E-state index contributed by atoms with van der Waals surface area (Å²) in [6.45, 7) is 0.418. The van der Waals surface area contributed by atoms with Crippen LogP contribution in [0.25, 0.3) is 0 Å². The maximum atomic E-state index is 13.6. The van der Waals surface area contributed by atoms with Crippen LogP contribution in [0.2, 0.25) is 0 Å². The van der Waals surface area contributed by atoms with Crippen molar-refractivity contribution in [1.29, 1.82) is 0 Å². The third kappa shape index (κ3) is 2.51. The molecule has 0 bridgehead atoms. The zero-order chi connectivity index (χ0) is 14.1. The van der Waals surface area contributed by atoms with Crippen LogP contribution in [0.15, 0.2) is 34.8 Å². The molecule has 1 aliphatic rings. The third-order valence-corrected chi connectivity index (χ3v) is 3.46. The number of benzene rings is 2. The Morgan fingerprint density at radius 1 is 1.20 bits per heavy atom. The fraction of sp³-hybridized carbons (Fsp3) is 0.143. The van der Waals surface area contributed by atoms with Gasteiger partial charge in [0.05, 0.1) is 5.69 Å². The minimum Gasteiger partial charge on any atom is -0.507 e. The summed E-state index contributed by atoms with van der Waals surface area (Å²) in [5.74, 6) is 0.819. The van der Waals surface area contributed by atoms with E-state index in [0.29, 0.717) is 22.7 Å². The highest BCUT2D eigenvalue weighted by molar-refractivity contribution is 9.10. The molecule has 0 unspecified atom stereocenters. The molecule has 104 valence electrons. The number of nitrogens with one attached hydrogen (secondary N) is 1. The van der Waals surface area contributed by atoms with Crippen molar-refractivity contribution in [3.05, 3.63) is 46.2 Å². The molecule has 3 rings (SSSR count). The molecular weight excluding hydrogens is 329 g/mol. The molecule has 0 atom stereocenters. The van der Waals surface area contributed by atoms with Gasteiger partial charge in [0.1, 0.15) is 11.6 Å². The smallest absolute Gasteiger partial charge is 0.231 e. The monoisotopic (exact) mass is 339 g/mol. The van der Waals surface area contributed by atoms with Gasteiger partial charge in [0, 0.05) is 22.6 Å². The van der Waals surface area contributed by atoms with Crippen molar-refractivity contribution in [3.63, 3.8) is 0 Å². The van der Waals surface area contributed by atoms with Crippen molar-refractivity contribution in [3.8, 4) is 17.2 Å². The molecule has 4 nitrogen and oxygen atoms in total. The average molecular weight is 340 g/mol. The highest BCUT2D eigenvalue weighted by Crippen LogP contribution is 2.37. The van der Waals surface area contributed by atoms with Crippen molar-refractivity contribution >= 4 is 21.6 Å². The van der Waals surface area contributed by atoms with E-state index in [2.05, 4.69) is 21.2 Å². The average Bonchev–Trinajstić information content (AvgIpc) is 2.86. The Labute approximate surface area is 123 Å². The van der Waals surface area contributed by atoms with Crippen molar-refractivity contribution in [2.45, 2.75) is 6.54 Å². The molecule has 0 aliphatic carbocycles. The lowest BCUT2D eigenvalue weighted by molar-refractivity contribution is 0.174. The Balaban J connectivity index is 1.80. The SMILES string of the molecule is Oc1cc2c(cc1CNc1cc(Br)ccc1F)OCO2. The zero-order valence-electron chi connectivity index (χ0n) is 10.3. The van der Waals surface area contributed by atoms with Crippen LogP contribution < -0.4 is 14.8 Å². The summed E-state index contributed by atoms with van der Waals surface area (Å²) in [7, 11) is 0. The van der Waals surface area contributed by atoms with E-state index in [4.69, 9.17) is 9.47 Å². The highest BCUT2D eigenvalue weighted by atomic mass is 79.9. The number of anilines is 1. The number of hydrogen-bond donors (Lipinski definition) is 2. The molecule has 1 heterocycles. The van der Waals surface area contributed by atoms with Crippen molar-refractivity contribution in [2.24, 2.45) is 0 Å². The van der Waals surface area contributed by atoms with Gasteiger partial charge in [0.2, 0.25) is 6.79 Å². The van der Waals surface area contributed by atoms with Crippen LogP contribution in [-0.4, -0.2) is 11.9 Å².